The molecular weight excluding hydrogens is 192 g/mol. The Labute approximate surface area is 79.2 Å². The fourth-order valence-electron chi connectivity index (χ4n) is 1.66. The largest absolute Gasteiger partial charge is 0.734 e. The molecule has 3 unspecified atom stereocenters. The summed E-state index contributed by atoms with van der Waals surface area (Å²) in [6, 6.07) is 0. The van der Waals surface area contributed by atoms with Gasteiger partial charge in [0.1, 0.15) is 42.6 Å². The molecule has 4 nitrogen and oxygen atoms in total. The molecule has 0 spiro atoms. The zero-order chi connectivity index (χ0) is 9.26. The maximum Gasteiger partial charge on any atom is 0.177 e. The molecule has 0 N–H and O–H groups in total. The summed E-state index contributed by atoms with van der Waals surface area (Å²) in [4.78, 5) is 0. The van der Waals surface area contributed by atoms with Crippen LogP contribution < -0.4 is 0 Å². The second-order valence-corrected chi connectivity index (χ2v) is 4.18. The number of ether oxygens (including phenoxy) is 2. The summed E-state index contributed by atoms with van der Waals surface area (Å²) in [7, 11) is 0. The van der Waals surface area contributed by atoms with Crippen LogP contribution in [0.4, 0.5) is 0 Å². The highest BCUT2D eigenvalue weighted by molar-refractivity contribution is 7.82. The van der Waals surface area contributed by atoms with E-state index in [2.05, 4.69) is 0 Å². The predicted octanol–water partition coefficient (Wildman–Crippen LogP) is 0.837. The topological polar surface area (TPSA) is 58.6 Å². The van der Waals surface area contributed by atoms with Gasteiger partial charge in [0.25, 0.3) is 0 Å². The van der Waals surface area contributed by atoms with Gasteiger partial charge in [-0.1, -0.05) is 0 Å². The molecule has 5 heteroatoms. The molecule has 1 aliphatic heterocycles. The number of hydrogen-bond acceptors (Lipinski definition) is 4. The van der Waals surface area contributed by atoms with Crippen molar-refractivity contribution in [2.45, 2.75) is 31.5 Å². The van der Waals surface area contributed by atoms with E-state index in [1.165, 1.54) is 12.5 Å². The van der Waals surface area contributed by atoms with E-state index in [0.717, 1.165) is 6.42 Å². The lowest BCUT2D eigenvalue weighted by atomic mass is 9.94. The van der Waals surface area contributed by atoms with E-state index in [4.69, 9.17) is 9.47 Å². The lowest BCUT2D eigenvalue weighted by Gasteiger charge is -2.31. The van der Waals surface area contributed by atoms with E-state index in [1.54, 1.807) is 0 Å². The van der Waals surface area contributed by atoms with Crippen molar-refractivity contribution in [1.82, 2.24) is 0 Å². The first kappa shape index (κ1) is 8.90. The Kier molecular flexibility index (Phi) is 2.46. The predicted molar refractivity (Wildman–Crippen MR) is 44.9 cm³/mol. The van der Waals surface area contributed by atoms with Crippen LogP contribution in [0.5, 0.6) is 0 Å². The Morgan fingerprint density at radius 3 is 2.77 bits per heavy atom. The minimum absolute atomic E-state index is 0.0253. The van der Waals surface area contributed by atoms with Crippen LogP contribution in [0.15, 0.2) is 12.5 Å². The third kappa shape index (κ3) is 1.81. The van der Waals surface area contributed by atoms with E-state index in [1.807, 2.05) is 0 Å². The van der Waals surface area contributed by atoms with Crippen LogP contribution in [0.25, 0.3) is 0 Å². The van der Waals surface area contributed by atoms with E-state index >= 15 is 0 Å². The van der Waals surface area contributed by atoms with E-state index in [9.17, 15) is 8.76 Å². The third-order valence-electron chi connectivity index (χ3n) is 2.35. The van der Waals surface area contributed by atoms with Crippen molar-refractivity contribution in [1.29, 1.82) is 0 Å². The Balaban J connectivity index is 1.99. The van der Waals surface area contributed by atoms with Crippen LogP contribution in [0, 0.1) is 5.25 Å². The van der Waals surface area contributed by atoms with Crippen molar-refractivity contribution < 1.29 is 18.2 Å². The van der Waals surface area contributed by atoms with Gasteiger partial charge < -0.3 is 14.0 Å². The molecule has 0 bridgehead atoms. The Morgan fingerprint density at radius 2 is 2.08 bits per heavy atom. The summed E-state index contributed by atoms with van der Waals surface area (Å²) < 4.78 is 31.9. The molecule has 72 valence electrons. The third-order valence-corrected chi connectivity index (χ3v) is 3.19. The first-order valence-electron chi connectivity index (χ1n) is 4.17. The van der Waals surface area contributed by atoms with Gasteiger partial charge in [-0.2, -0.15) is 0 Å². The van der Waals surface area contributed by atoms with Gasteiger partial charge in [0.2, 0.25) is 0 Å². The van der Waals surface area contributed by atoms with Crippen LogP contribution in [0.1, 0.15) is 19.3 Å². The highest BCUT2D eigenvalue weighted by atomic mass is 32.2. The van der Waals surface area contributed by atoms with Crippen molar-refractivity contribution in [2.75, 3.05) is 0 Å². The summed E-state index contributed by atoms with van der Waals surface area (Å²) in [5, 5.41) is 0.542. The van der Waals surface area contributed by atoms with Gasteiger partial charge in [0.05, 0.1) is 0 Å². The zero-order valence-electron chi connectivity index (χ0n) is 6.97. The Morgan fingerprint density at radius 1 is 1.38 bits per heavy atom. The number of fused-ring (bicyclic) bond motifs is 1. The fraction of sp³-hybridized carbons (Fsp3) is 0.625. The van der Waals surface area contributed by atoms with Crippen LogP contribution in [0.3, 0.4) is 0 Å². The van der Waals surface area contributed by atoms with Crippen molar-refractivity contribution in [3.05, 3.63) is 17.8 Å². The molecule has 0 aromatic rings. The summed E-state index contributed by atoms with van der Waals surface area (Å²) in [5.74, 6) is 0. The molecule has 0 radical (unpaired) electrons. The highest BCUT2D eigenvalue weighted by Gasteiger charge is 2.41. The Hall–Kier alpha value is -0.680. The maximum atomic E-state index is 10.7. The van der Waals surface area contributed by atoms with Crippen molar-refractivity contribution >= 4 is 11.1 Å². The number of hydrogen-bond donors (Lipinski definition) is 0. The van der Waals surface area contributed by atoms with Gasteiger partial charge in [-0.05, 0) is 0 Å². The molecule has 1 aliphatic carbocycles. The van der Waals surface area contributed by atoms with Gasteiger partial charge in [-0.3, -0.25) is 0 Å². The molecule has 0 saturated heterocycles. The van der Waals surface area contributed by atoms with Gasteiger partial charge >= 0.3 is 0 Å². The molecule has 0 aromatic carbocycles. The van der Waals surface area contributed by atoms with Crippen molar-refractivity contribution in [3.8, 4) is 0 Å². The van der Waals surface area contributed by atoms with E-state index in [-0.39, 0.29) is 12.2 Å². The van der Waals surface area contributed by atoms with Gasteiger partial charge in [0, 0.05) is 6.42 Å². The fourth-order valence-corrected chi connectivity index (χ4v) is 2.24. The molecule has 1 saturated carbocycles. The first-order chi connectivity index (χ1) is 6.27. The molecule has 2 rings (SSSR count). The van der Waals surface area contributed by atoms with Crippen molar-refractivity contribution in [3.63, 3.8) is 0 Å². The standard InChI is InChI=1S/C8H10O4S/c9-13(10)6-1-2-7-8(5-6)12-4-3-11-7/h3-4,7-8H,1-2,5H2. The second-order valence-electron chi connectivity index (χ2n) is 3.14. The second kappa shape index (κ2) is 3.59. The van der Waals surface area contributed by atoms with Gasteiger partial charge in [-0.25, -0.2) is 4.21 Å². The van der Waals surface area contributed by atoms with Crippen LogP contribution >= 0.6 is 0 Å². The molecule has 1 heterocycles. The molecule has 13 heavy (non-hydrogen) atoms. The van der Waals surface area contributed by atoms with Crippen LogP contribution in [-0.2, 0) is 20.6 Å². The Bertz CT molecular complexity index is 240. The molecule has 0 aromatic heterocycles. The normalized spacial score (nSPS) is 34.4. The minimum atomic E-state index is -2.06. The van der Waals surface area contributed by atoms with Crippen molar-refractivity contribution in [2.24, 2.45) is 0 Å². The maximum absolute atomic E-state index is 10.7. The number of rotatable bonds is 1. The van der Waals surface area contributed by atoms with Crippen LogP contribution in [0.2, 0.25) is 0 Å². The summed E-state index contributed by atoms with van der Waals surface area (Å²) >= 11 is -2.06. The lowest BCUT2D eigenvalue weighted by molar-refractivity contribution is -0.0468. The minimum Gasteiger partial charge on any atom is -0.734 e. The average Bonchev–Trinajstić information content (AvgIpc) is 2.17. The smallest absolute Gasteiger partial charge is 0.177 e. The SMILES string of the molecule is O=S([O-])[C+]1CCC2OC=COC2C1. The highest BCUT2D eigenvalue weighted by Crippen LogP contribution is 2.33. The quantitative estimate of drug-likeness (QED) is 0.467. The monoisotopic (exact) mass is 202 g/mol. The first-order valence-corrected chi connectivity index (χ1v) is 5.25. The van der Waals surface area contributed by atoms with Crippen LogP contribution in [-0.4, -0.2) is 21.0 Å². The molecular formula is C8H10O4S. The molecule has 1 fully saturated rings. The van der Waals surface area contributed by atoms with E-state index < -0.39 is 11.1 Å². The summed E-state index contributed by atoms with van der Waals surface area (Å²) in [6.45, 7) is 0. The zero-order valence-corrected chi connectivity index (χ0v) is 7.79. The average molecular weight is 202 g/mol. The molecule has 2 aliphatic rings. The van der Waals surface area contributed by atoms with Gasteiger partial charge in [-0.15, -0.1) is 0 Å². The summed E-state index contributed by atoms with van der Waals surface area (Å²) in [5.41, 5.74) is 0. The van der Waals surface area contributed by atoms with Gasteiger partial charge in [0.15, 0.2) is 11.4 Å². The van der Waals surface area contributed by atoms with E-state index in [0.29, 0.717) is 18.1 Å². The molecule has 3 atom stereocenters. The molecule has 0 amide bonds. The lowest BCUT2D eigenvalue weighted by Crippen LogP contribution is -2.38. The summed E-state index contributed by atoms with van der Waals surface area (Å²) in [6.07, 6.45) is 4.67.